The molecule has 0 fully saturated rings. The zero-order valence-electron chi connectivity index (χ0n) is 23.9. The van der Waals surface area contributed by atoms with E-state index in [4.69, 9.17) is 4.98 Å². The summed E-state index contributed by atoms with van der Waals surface area (Å²) in [6, 6.07) is 58.2. The molecule has 0 aliphatic rings. The molecule has 0 radical (unpaired) electrons. The molecule has 0 saturated carbocycles. The standard InChI is InChI=1S/C41H27N3/c1-3-12-30(13-4-1)43-38-20-9-7-16-32(38)34-26-28(22-24-40(34)43)36-18-11-19-37(42-36)29-23-25-41-35(27-29)33-17-8-10-21-39(33)44(41)31-14-5-2-6-15-31/h1-27H. The highest BCUT2D eigenvalue weighted by Crippen LogP contribution is 2.37. The third-order valence-electron chi connectivity index (χ3n) is 8.71. The second-order valence-corrected chi connectivity index (χ2v) is 11.2. The van der Waals surface area contributed by atoms with Gasteiger partial charge in [-0.1, -0.05) is 91.0 Å². The predicted octanol–water partition coefficient (Wildman–Crippen LogP) is 10.6. The van der Waals surface area contributed by atoms with Crippen LogP contribution in [0.3, 0.4) is 0 Å². The van der Waals surface area contributed by atoms with Crippen LogP contribution >= 0.6 is 0 Å². The number of rotatable bonds is 4. The summed E-state index contributed by atoms with van der Waals surface area (Å²) >= 11 is 0. The Kier molecular flexibility index (Phi) is 5.50. The fourth-order valence-corrected chi connectivity index (χ4v) is 6.73. The van der Waals surface area contributed by atoms with Gasteiger partial charge >= 0.3 is 0 Å². The van der Waals surface area contributed by atoms with Gasteiger partial charge < -0.3 is 9.13 Å². The van der Waals surface area contributed by atoms with Gasteiger partial charge in [0, 0.05) is 44.0 Å². The SMILES string of the molecule is c1ccc(-n2c3ccccc3c3cc(-c4cccc(-c5ccc6c(c5)c5ccccc5n6-c5ccccc5)n4)ccc32)cc1. The maximum atomic E-state index is 5.20. The molecule has 44 heavy (non-hydrogen) atoms. The van der Waals surface area contributed by atoms with E-state index in [-0.39, 0.29) is 0 Å². The molecule has 206 valence electrons. The van der Waals surface area contributed by atoms with Crippen LogP contribution in [0.15, 0.2) is 164 Å². The molecule has 0 atom stereocenters. The van der Waals surface area contributed by atoms with Crippen molar-refractivity contribution < 1.29 is 0 Å². The van der Waals surface area contributed by atoms with E-state index in [1.165, 1.54) is 43.6 Å². The molecular formula is C41H27N3. The van der Waals surface area contributed by atoms with Gasteiger partial charge in [0.1, 0.15) is 0 Å². The third kappa shape index (κ3) is 3.80. The Bertz CT molecular complexity index is 2310. The number of nitrogens with zero attached hydrogens (tertiary/aromatic N) is 3. The highest BCUT2D eigenvalue weighted by molar-refractivity contribution is 6.11. The number of hydrogen-bond donors (Lipinski definition) is 0. The molecule has 0 saturated heterocycles. The lowest BCUT2D eigenvalue weighted by molar-refractivity contribution is 1.18. The van der Waals surface area contributed by atoms with E-state index in [1.54, 1.807) is 0 Å². The highest BCUT2D eigenvalue weighted by atomic mass is 15.0. The fraction of sp³-hybridized carbons (Fsp3) is 0. The number of aromatic nitrogens is 3. The smallest absolute Gasteiger partial charge is 0.0709 e. The first-order chi connectivity index (χ1) is 21.8. The van der Waals surface area contributed by atoms with Crippen molar-refractivity contribution in [3.63, 3.8) is 0 Å². The zero-order valence-corrected chi connectivity index (χ0v) is 23.9. The Hall–Kier alpha value is -5.93. The minimum Gasteiger partial charge on any atom is -0.309 e. The zero-order chi connectivity index (χ0) is 29.0. The summed E-state index contributed by atoms with van der Waals surface area (Å²) in [5, 5.41) is 4.93. The van der Waals surface area contributed by atoms with Crippen molar-refractivity contribution in [2.45, 2.75) is 0 Å². The molecule has 3 nitrogen and oxygen atoms in total. The average Bonchev–Trinajstić information content (AvgIpc) is 3.61. The molecular weight excluding hydrogens is 534 g/mol. The van der Waals surface area contributed by atoms with Crippen molar-refractivity contribution in [2.24, 2.45) is 0 Å². The van der Waals surface area contributed by atoms with Crippen LogP contribution in [0.2, 0.25) is 0 Å². The van der Waals surface area contributed by atoms with Crippen molar-refractivity contribution in [1.82, 2.24) is 14.1 Å². The third-order valence-corrected chi connectivity index (χ3v) is 8.71. The molecule has 9 rings (SSSR count). The maximum absolute atomic E-state index is 5.20. The van der Waals surface area contributed by atoms with E-state index in [9.17, 15) is 0 Å². The van der Waals surface area contributed by atoms with E-state index in [0.29, 0.717) is 0 Å². The average molecular weight is 562 g/mol. The summed E-state index contributed by atoms with van der Waals surface area (Å²) in [5.74, 6) is 0. The number of hydrogen-bond acceptors (Lipinski definition) is 1. The molecule has 3 heterocycles. The van der Waals surface area contributed by atoms with Gasteiger partial charge in [-0.05, 0) is 72.8 Å². The Morgan fingerprint density at radius 3 is 1.20 bits per heavy atom. The van der Waals surface area contributed by atoms with Crippen molar-refractivity contribution in [3.8, 4) is 33.9 Å². The Morgan fingerprint density at radius 1 is 0.318 bits per heavy atom. The molecule has 0 aliphatic heterocycles. The molecule has 0 N–H and O–H groups in total. The summed E-state index contributed by atoms with van der Waals surface area (Å²) in [6.07, 6.45) is 0. The van der Waals surface area contributed by atoms with Crippen LogP contribution in [0, 0.1) is 0 Å². The van der Waals surface area contributed by atoms with Crippen molar-refractivity contribution >= 4 is 43.6 Å². The summed E-state index contributed by atoms with van der Waals surface area (Å²) in [7, 11) is 0. The number of pyridine rings is 1. The lowest BCUT2D eigenvalue weighted by Crippen LogP contribution is -1.93. The molecule has 3 heteroatoms. The van der Waals surface area contributed by atoms with Crippen LogP contribution in [-0.4, -0.2) is 14.1 Å². The van der Waals surface area contributed by atoms with Gasteiger partial charge in [0.15, 0.2) is 0 Å². The van der Waals surface area contributed by atoms with Crippen molar-refractivity contribution in [1.29, 1.82) is 0 Å². The minimum atomic E-state index is 0.966. The first-order valence-corrected chi connectivity index (χ1v) is 15.0. The van der Waals surface area contributed by atoms with E-state index >= 15 is 0 Å². The number of fused-ring (bicyclic) bond motifs is 6. The van der Waals surface area contributed by atoms with Gasteiger partial charge in [-0.3, -0.25) is 0 Å². The first-order valence-electron chi connectivity index (χ1n) is 15.0. The Labute approximate surface area is 254 Å². The highest BCUT2D eigenvalue weighted by Gasteiger charge is 2.15. The second-order valence-electron chi connectivity index (χ2n) is 11.2. The molecule has 0 amide bonds. The molecule has 0 bridgehead atoms. The van der Waals surface area contributed by atoms with E-state index in [2.05, 4.69) is 173 Å². The van der Waals surface area contributed by atoms with E-state index in [1.807, 2.05) is 0 Å². The van der Waals surface area contributed by atoms with Gasteiger partial charge in [0.05, 0.1) is 33.5 Å². The van der Waals surface area contributed by atoms with Gasteiger partial charge in [-0.25, -0.2) is 4.98 Å². The van der Waals surface area contributed by atoms with Crippen LogP contribution in [0.5, 0.6) is 0 Å². The molecule has 3 aromatic heterocycles. The topological polar surface area (TPSA) is 22.8 Å². The fourth-order valence-electron chi connectivity index (χ4n) is 6.73. The largest absolute Gasteiger partial charge is 0.309 e. The van der Waals surface area contributed by atoms with Crippen LogP contribution < -0.4 is 0 Å². The van der Waals surface area contributed by atoms with Gasteiger partial charge in [0.25, 0.3) is 0 Å². The van der Waals surface area contributed by atoms with Gasteiger partial charge in [0.2, 0.25) is 0 Å². The Morgan fingerprint density at radius 2 is 0.727 bits per heavy atom. The number of para-hydroxylation sites is 4. The quantitative estimate of drug-likeness (QED) is 0.210. The minimum absolute atomic E-state index is 0.966. The number of benzene rings is 6. The van der Waals surface area contributed by atoms with E-state index < -0.39 is 0 Å². The van der Waals surface area contributed by atoms with Gasteiger partial charge in [-0.15, -0.1) is 0 Å². The second kappa shape index (κ2) is 9.82. The predicted molar refractivity (Wildman–Crippen MR) is 184 cm³/mol. The molecule has 6 aromatic carbocycles. The van der Waals surface area contributed by atoms with Crippen molar-refractivity contribution in [3.05, 3.63) is 164 Å². The van der Waals surface area contributed by atoms with Gasteiger partial charge in [-0.2, -0.15) is 0 Å². The van der Waals surface area contributed by atoms with Crippen molar-refractivity contribution in [2.75, 3.05) is 0 Å². The summed E-state index contributed by atoms with van der Waals surface area (Å²) in [4.78, 5) is 5.20. The summed E-state index contributed by atoms with van der Waals surface area (Å²) in [5.41, 5.74) is 11.3. The van der Waals surface area contributed by atoms with Crippen LogP contribution in [0.1, 0.15) is 0 Å². The normalized spacial score (nSPS) is 11.6. The molecule has 0 aliphatic carbocycles. The summed E-state index contributed by atoms with van der Waals surface area (Å²) in [6.45, 7) is 0. The van der Waals surface area contributed by atoms with Crippen LogP contribution in [0.25, 0.3) is 77.5 Å². The molecule has 0 spiro atoms. The molecule has 9 aromatic rings. The summed E-state index contributed by atoms with van der Waals surface area (Å²) < 4.78 is 4.69. The van der Waals surface area contributed by atoms with Crippen LogP contribution in [0.4, 0.5) is 0 Å². The molecule has 0 unspecified atom stereocenters. The monoisotopic (exact) mass is 561 g/mol. The lowest BCUT2D eigenvalue weighted by Gasteiger charge is -2.09. The lowest BCUT2D eigenvalue weighted by atomic mass is 10.0. The van der Waals surface area contributed by atoms with Crippen LogP contribution in [-0.2, 0) is 0 Å². The maximum Gasteiger partial charge on any atom is 0.0709 e. The Balaban J connectivity index is 1.18. The first kappa shape index (κ1) is 24.6. The van der Waals surface area contributed by atoms with E-state index in [0.717, 1.165) is 33.9 Å².